The molecule has 3 nitrogen and oxygen atoms in total. The third-order valence-electron chi connectivity index (χ3n) is 2.66. The van der Waals surface area contributed by atoms with Gasteiger partial charge in [0.15, 0.2) is 0 Å². The van der Waals surface area contributed by atoms with E-state index in [4.69, 9.17) is 23.2 Å². The molecule has 2 rings (SSSR count). The van der Waals surface area contributed by atoms with E-state index < -0.39 is 0 Å². The van der Waals surface area contributed by atoms with Gasteiger partial charge >= 0.3 is 0 Å². The lowest BCUT2D eigenvalue weighted by Crippen LogP contribution is -2.35. The molecule has 0 radical (unpaired) electrons. The van der Waals surface area contributed by atoms with Gasteiger partial charge in [-0.3, -0.25) is 4.79 Å². The molecule has 0 bridgehead atoms. The van der Waals surface area contributed by atoms with Crippen molar-refractivity contribution >= 4 is 29.1 Å². The first kappa shape index (κ1) is 12.4. The zero-order chi connectivity index (χ0) is 12.3. The first-order valence-electron chi connectivity index (χ1n) is 5.43. The van der Waals surface area contributed by atoms with Crippen molar-refractivity contribution in [3.05, 3.63) is 40.2 Å². The maximum Gasteiger partial charge on any atom is 0.253 e. The highest BCUT2D eigenvalue weighted by Crippen LogP contribution is 2.20. The molecule has 1 aliphatic rings. The summed E-state index contributed by atoms with van der Waals surface area (Å²) < 4.78 is 0. The third kappa shape index (κ3) is 3.20. The lowest BCUT2D eigenvalue weighted by Gasteiger charge is -2.19. The van der Waals surface area contributed by atoms with Crippen LogP contribution in [0.4, 0.5) is 0 Å². The molecule has 0 saturated carbocycles. The van der Waals surface area contributed by atoms with E-state index in [1.165, 1.54) is 12.3 Å². The van der Waals surface area contributed by atoms with Gasteiger partial charge in [-0.05, 0) is 25.3 Å². The zero-order valence-electron chi connectivity index (χ0n) is 9.12. The Balaban J connectivity index is 2.03. The second kappa shape index (κ2) is 5.52. The fourth-order valence-corrected chi connectivity index (χ4v) is 2.01. The molecule has 0 aliphatic heterocycles. The van der Waals surface area contributed by atoms with Crippen LogP contribution in [0.25, 0.3) is 0 Å². The number of halogens is 2. The fraction of sp³-hybridized carbons (Fsp3) is 0.333. The third-order valence-corrected chi connectivity index (χ3v) is 3.35. The molecule has 1 aliphatic carbocycles. The molecule has 0 fully saturated rings. The Labute approximate surface area is 110 Å². The molecule has 1 amide bonds. The van der Waals surface area contributed by atoms with Crippen molar-refractivity contribution in [2.75, 3.05) is 0 Å². The summed E-state index contributed by atoms with van der Waals surface area (Å²) in [5.41, 5.74) is 0.439. The average molecular weight is 271 g/mol. The van der Waals surface area contributed by atoms with Crippen LogP contribution in [0.3, 0.4) is 0 Å². The van der Waals surface area contributed by atoms with Gasteiger partial charge in [-0.25, -0.2) is 4.98 Å². The number of carbonyl (C=O) groups excluding carboxylic acids is 1. The van der Waals surface area contributed by atoms with E-state index in [0.29, 0.717) is 10.6 Å². The van der Waals surface area contributed by atoms with Crippen molar-refractivity contribution in [3.63, 3.8) is 0 Å². The van der Waals surface area contributed by atoms with Crippen LogP contribution in [0.15, 0.2) is 24.4 Å². The summed E-state index contributed by atoms with van der Waals surface area (Å²) in [6, 6.07) is 1.73. The van der Waals surface area contributed by atoms with E-state index in [9.17, 15) is 4.79 Å². The summed E-state index contributed by atoms with van der Waals surface area (Å²) in [6.45, 7) is 0. The van der Waals surface area contributed by atoms with Crippen LogP contribution in [-0.4, -0.2) is 16.9 Å². The van der Waals surface area contributed by atoms with Gasteiger partial charge < -0.3 is 5.32 Å². The highest BCUT2D eigenvalue weighted by atomic mass is 35.5. The molecule has 1 aromatic rings. The molecule has 5 heteroatoms. The van der Waals surface area contributed by atoms with Crippen LogP contribution in [0.2, 0.25) is 10.2 Å². The average Bonchev–Trinajstić information content (AvgIpc) is 2.34. The highest BCUT2D eigenvalue weighted by molar-refractivity contribution is 6.41. The highest BCUT2D eigenvalue weighted by Gasteiger charge is 2.15. The van der Waals surface area contributed by atoms with Crippen LogP contribution in [0.5, 0.6) is 0 Å². The molecule has 17 heavy (non-hydrogen) atoms. The zero-order valence-corrected chi connectivity index (χ0v) is 10.6. The topological polar surface area (TPSA) is 42.0 Å². The molecule has 0 spiro atoms. The molecule has 1 N–H and O–H groups in total. The standard InChI is InChI=1S/C12H12Cl2N2O/c13-10-6-8(7-15-11(10)14)12(17)16-9-4-2-1-3-5-9/h1-2,6-7,9H,3-5H2,(H,16,17). The number of rotatable bonds is 2. The predicted octanol–water partition coefficient (Wildman–Crippen LogP) is 3.23. The number of hydrogen-bond acceptors (Lipinski definition) is 2. The lowest BCUT2D eigenvalue weighted by molar-refractivity contribution is 0.0934. The summed E-state index contributed by atoms with van der Waals surface area (Å²) in [6.07, 6.45) is 8.50. The number of allylic oxidation sites excluding steroid dienone is 1. The summed E-state index contributed by atoms with van der Waals surface area (Å²) in [5, 5.41) is 3.46. The van der Waals surface area contributed by atoms with Gasteiger partial charge in [0.05, 0.1) is 10.6 Å². The van der Waals surface area contributed by atoms with Crippen LogP contribution in [-0.2, 0) is 0 Å². The SMILES string of the molecule is O=C(NC1CC=CCC1)c1cnc(Cl)c(Cl)c1. The number of carbonyl (C=O) groups is 1. The largest absolute Gasteiger partial charge is 0.349 e. The Hall–Kier alpha value is -1.06. The number of pyridine rings is 1. The second-order valence-electron chi connectivity index (χ2n) is 3.95. The number of nitrogens with zero attached hydrogens (tertiary/aromatic N) is 1. The van der Waals surface area contributed by atoms with E-state index in [-0.39, 0.29) is 17.1 Å². The van der Waals surface area contributed by atoms with Crippen molar-refractivity contribution in [2.45, 2.75) is 25.3 Å². The van der Waals surface area contributed by atoms with Crippen molar-refractivity contribution < 1.29 is 4.79 Å². The number of nitrogens with one attached hydrogen (secondary N) is 1. The second-order valence-corrected chi connectivity index (χ2v) is 4.72. The Morgan fingerprint density at radius 2 is 2.24 bits per heavy atom. The van der Waals surface area contributed by atoms with Gasteiger partial charge in [-0.1, -0.05) is 35.4 Å². The van der Waals surface area contributed by atoms with Gasteiger partial charge in [0, 0.05) is 12.2 Å². The number of amides is 1. The minimum Gasteiger partial charge on any atom is -0.349 e. The van der Waals surface area contributed by atoms with Gasteiger partial charge in [-0.2, -0.15) is 0 Å². The first-order valence-corrected chi connectivity index (χ1v) is 6.19. The Bertz CT molecular complexity index is 460. The molecule has 0 aromatic carbocycles. The fourth-order valence-electron chi connectivity index (χ4n) is 1.74. The van der Waals surface area contributed by atoms with Crippen LogP contribution >= 0.6 is 23.2 Å². The summed E-state index contributed by atoms with van der Waals surface area (Å²) in [4.78, 5) is 15.8. The molecule has 1 unspecified atom stereocenters. The summed E-state index contributed by atoms with van der Waals surface area (Å²) >= 11 is 11.5. The maximum atomic E-state index is 11.9. The van der Waals surface area contributed by atoms with Crippen molar-refractivity contribution in [3.8, 4) is 0 Å². The van der Waals surface area contributed by atoms with Crippen LogP contribution < -0.4 is 5.32 Å². The van der Waals surface area contributed by atoms with Gasteiger partial charge in [0.25, 0.3) is 5.91 Å². The van der Waals surface area contributed by atoms with Crippen molar-refractivity contribution in [1.82, 2.24) is 10.3 Å². The molecule has 90 valence electrons. The lowest BCUT2D eigenvalue weighted by atomic mass is 10.0. The summed E-state index contributed by atoms with van der Waals surface area (Å²) in [5.74, 6) is -0.156. The van der Waals surface area contributed by atoms with Crippen molar-refractivity contribution in [1.29, 1.82) is 0 Å². The predicted molar refractivity (Wildman–Crippen MR) is 68.5 cm³/mol. The minimum atomic E-state index is -0.156. The van der Waals surface area contributed by atoms with Gasteiger partial charge in [0.2, 0.25) is 0 Å². The van der Waals surface area contributed by atoms with Crippen LogP contribution in [0.1, 0.15) is 29.6 Å². The molecular formula is C12H12Cl2N2O. The molecule has 1 aromatic heterocycles. The Kier molecular flexibility index (Phi) is 4.02. The van der Waals surface area contributed by atoms with E-state index in [1.807, 2.05) is 0 Å². The number of aromatic nitrogens is 1. The van der Waals surface area contributed by atoms with Gasteiger partial charge in [0.1, 0.15) is 5.15 Å². The number of hydrogen-bond donors (Lipinski definition) is 1. The smallest absolute Gasteiger partial charge is 0.253 e. The Morgan fingerprint density at radius 3 is 2.88 bits per heavy atom. The maximum absolute atomic E-state index is 11.9. The summed E-state index contributed by atoms with van der Waals surface area (Å²) in [7, 11) is 0. The molecular weight excluding hydrogens is 259 g/mol. The van der Waals surface area contributed by atoms with E-state index in [2.05, 4.69) is 22.5 Å². The quantitative estimate of drug-likeness (QED) is 0.662. The first-order chi connectivity index (χ1) is 8.16. The minimum absolute atomic E-state index is 0.156. The molecule has 1 atom stereocenters. The van der Waals surface area contributed by atoms with Crippen LogP contribution in [0, 0.1) is 0 Å². The van der Waals surface area contributed by atoms with E-state index >= 15 is 0 Å². The molecule has 1 heterocycles. The van der Waals surface area contributed by atoms with E-state index in [0.717, 1.165) is 19.3 Å². The molecule has 0 saturated heterocycles. The normalized spacial score (nSPS) is 19.1. The van der Waals surface area contributed by atoms with Gasteiger partial charge in [-0.15, -0.1) is 0 Å². The van der Waals surface area contributed by atoms with Crippen molar-refractivity contribution in [2.24, 2.45) is 0 Å². The van der Waals surface area contributed by atoms with E-state index in [1.54, 1.807) is 0 Å². The Morgan fingerprint density at radius 1 is 1.41 bits per heavy atom. The monoisotopic (exact) mass is 270 g/mol.